The number of allylic oxidation sites excluding steroid dienone is 1. The summed E-state index contributed by atoms with van der Waals surface area (Å²) in [4.78, 5) is 0. The summed E-state index contributed by atoms with van der Waals surface area (Å²) in [6.07, 6.45) is 7.34. The summed E-state index contributed by atoms with van der Waals surface area (Å²) in [5, 5.41) is 3.50. The zero-order chi connectivity index (χ0) is 6.81. The second kappa shape index (κ2) is 2.97. The smallest absolute Gasteiger partial charge is 0.0422 e. The first-order chi connectivity index (χ1) is 4.97. The van der Waals surface area contributed by atoms with Crippen LogP contribution >= 0.6 is 11.8 Å². The van der Waals surface area contributed by atoms with Gasteiger partial charge in [-0.05, 0) is 24.5 Å². The molecule has 1 heterocycles. The molecule has 2 unspecified atom stereocenters. The molecule has 10 heavy (non-hydrogen) atoms. The van der Waals surface area contributed by atoms with Crippen LogP contribution in [0.5, 0.6) is 0 Å². The maximum absolute atomic E-state index is 3.50. The first-order valence-electron chi connectivity index (χ1n) is 3.94. The van der Waals surface area contributed by atoms with Gasteiger partial charge >= 0.3 is 0 Å². The summed E-state index contributed by atoms with van der Waals surface area (Å²) in [5.41, 5.74) is 0. The molecule has 1 aliphatic carbocycles. The van der Waals surface area contributed by atoms with E-state index in [2.05, 4.69) is 17.5 Å². The van der Waals surface area contributed by atoms with E-state index in [1.165, 1.54) is 18.6 Å². The summed E-state index contributed by atoms with van der Waals surface area (Å²) in [6.45, 7) is 0. The van der Waals surface area contributed by atoms with E-state index in [-0.39, 0.29) is 0 Å². The normalized spacial score (nSPS) is 39.2. The Morgan fingerprint density at radius 1 is 1.50 bits per heavy atom. The molecule has 2 rings (SSSR count). The van der Waals surface area contributed by atoms with E-state index in [0.717, 1.165) is 11.8 Å². The van der Waals surface area contributed by atoms with Crippen LogP contribution in [0.2, 0.25) is 0 Å². The summed E-state index contributed by atoms with van der Waals surface area (Å²) in [7, 11) is 0. The molecule has 1 nitrogen and oxygen atoms in total. The van der Waals surface area contributed by atoms with E-state index in [1.807, 2.05) is 11.8 Å². The molecular weight excluding hydrogens is 142 g/mol. The molecule has 0 aromatic heterocycles. The van der Waals surface area contributed by atoms with E-state index >= 15 is 0 Å². The molecular formula is C8H13NS. The second-order valence-corrected chi connectivity index (χ2v) is 4.04. The fourth-order valence-corrected chi connectivity index (χ4v) is 2.78. The zero-order valence-corrected chi connectivity index (χ0v) is 6.86. The van der Waals surface area contributed by atoms with Gasteiger partial charge in [-0.15, -0.1) is 11.8 Å². The van der Waals surface area contributed by atoms with Crippen molar-refractivity contribution in [1.82, 2.24) is 5.32 Å². The average molecular weight is 155 g/mol. The molecule has 2 heteroatoms. The Balaban J connectivity index is 2.03. The third-order valence-corrected chi connectivity index (χ3v) is 3.34. The molecule has 1 aliphatic heterocycles. The summed E-state index contributed by atoms with van der Waals surface area (Å²) >= 11 is 2.04. The highest BCUT2D eigenvalue weighted by atomic mass is 32.2. The van der Waals surface area contributed by atoms with Crippen molar-refractivity contribution in [2.24, 2.45) is 5.92 Å². The molecule has 56 valence electrons. The topological polar surface area (TPSA) is 12.0 Å². The maximum atomic E-state index is 3.50. The maximum Gasteiger partial charge on any atom is 0.0422 e. The van der Waals surface area contributed by atoms with Crippen molar-refractivity contribution in [3.63, 3.8) is 0 Å². The fraction of sp³-hybridized carbons (Fsp3) is 0.750. The van der Waals surface area contributed by atoms with Crippen LogP contribution in [0.15, 0.2) is 12.2 Å². The van der Waals surface area contributed by atoms with E-state index in [4.69, 9.17) is 0 Å². The quantitative estimate of drug-likeness (QED) is 0.533. The van der Waals surface area contributed by atoms with Gasteiger partial charge in [0.15, 0.2) is 0 Å². The predicted molar refractivity (Wildman–Crippen MR) is 46.1 cm³/mol. The number of nitrogens with one attached hydrogen (secondary N) is 1. The summed E-state index contributed by atoms with van der Waals surface area (Å²) in [6, 6.07) is 0.704. The molecule has 1 saturated heterocycles. The van der Waals surface area contributed by atoms with Crippen molar-refractivity contribution < 1.29 is 0 Å². The van der Waals surface area contributed by atoms with Gasteiger partial charge in [-0.1, -0.05) is 12.2 Å². The average Bonchev–Trinajstić information content (AvgIpc) is 2.05. The van der Waals surface area contributed by atoms with Gasteiger partial charge < -0.3 is 5.32 Å². The van der Waals surface area contributed by atoms with Crippen LogP contribution in [0.4, 0.5) is 0 Å². The van der Waals surface area contributed by atoms with Crippen molar-refractivity contribution in [3.8, 4) is 0 Å². The Labute approximate surface area is 66.3 Å². The largest absolute Gasteiger partial charge is 0.301 e. The monoisotopic (exact) mass is 155 g/mol. The predicted octanol–water partition coefficient (Wildman–Crippen LogP) is 1.62. The van der Waals surface area contributed by atoms with Gasteiger partial charge in [-0.2, -0.15) is 0 Å². The van der Waals surface area contributed by atoms with Gasteiger partial charge in [0.05, 0.1) is 0 Å². The van der Waals surface area contributed by atoms with Crippen molar-refractivity contribution in [2.45, 2.75) is 18.9 Å². The zero-order valence-electron chi connectivity index (χ0n) is 6.05. The molecule has 0 aromatic carbocycles. The SMILES string of the molecule is C1=CC2NCSCC2CC1. The van der Waals surface area contributed by atoms with Crippen molar-refractivity contribution in [3.05, 3.63) is 12.2 Å². The minimum Gasteiger partial charge on any atom is -0.301 e. The number of fused-ring (bicyclic) bond motifs is 1. The van der Waals surface area contributed by atoms with E-state index in [0.29, 0.717) is 6.04 Å². The molecule has 1 fully saturated rings. The van der Waals surface area contributed by atoms with Crippen molar-refractivity contribution in [2.75, 3.05) is 11.6 Å². The van der Waals surface area contributed by atoms with E-state index in [1.54, 1.807) is 0 Å². The molecule has 0 radical (unpaired) electrons. The van der Waals surface area contributed by atoms with Crippen LogP contribution < -0.4 is 5.32 Å². The first-order valence-corrected chi connectivity index (χ1v) is 5.10. The Bertz CT molecular complexity index is 144. The molecule has 0 aromatic rings. The van der Waals surface area contributed by atoms with Crippen molar-refractivity contribution in [1.29, 1.82) is 0 Å². The number of rotatable bonds is 0. The third-order valence-electron chi connectivity index (χ3n) is 2.31. The molecule has 1 N–H and O–H groups in total. The molecule has 2 atom stereocenters. The highest BCUT2D eigenvalue weighted by Gasteiger charge is 2.23. The van der Waals surface area contributed by atoms with Crippen molar-refractivity contribution >= 4 is 11.8 Å². The highest BCUT2D eigenvalue weighted by molar-refractivity contribution is 7.99. The molecule has 0 spiro atoms. The van der Waals surface area contributed by atoms with Crippen LogP contribution in [-0.4, -0.2) is 17.7 Å². The van der Waals surface area contributed by atoms with Gasteiger partial charge in [-0.25, -0.2) is 0 Å². The number of hydrogen-bond acceptors (Lipinski definition) is 2. The molecule has 0 amide bonds. The lowest BCUT2D eigenvalue weighted by atomic mass is 9.91. The fourth-order valence-electron chi connectivity index (χ4n) is 1.68. The van der Waals surface area contributed by atoms with Crippen LogP contribution in [0.1, 0.15) is 12.8 Å². The summed E-state index contributed by atoms with van der Waals surface area (Å²) in [5.74, 6) is 3.43. The van der Waals surface area contributed by atoms with Crippen LogP contribution in [0, 0.1) is 5.92 Å². The van der Waals surface area contributed by atoms with Crippen LogP contribution in [0.25, 0.3) is 0 Å². The van der Waals surface area contributed by atoms with Gasteiger partial charge in [0.1, 0.15) is 0 Å². The van der Waals surface area contributed by atoms with E-state index < -0.39 is 0 Å². The Hall–Kier alpha value is 0.0500. The Kier molecular flexibility index (Phi) is 2.00. The van der Waals surface area contributed by atoms with Crippen LogP contribution in [0.3, 0.4) is 0 Å². The summed E-state index contributed by atoms with van der Waals surface area (Å²) < 4.78 is 0. The second-order valence-electron chi connectivity index (χ2n) is 3.01. The van der Waals surface area contributed by atoms with Gasteiger partial charge in [0.25, 0.3) is 0 Å². The van der Waals surface area contributed by atoms with E-state index in [9.17, 15) is 0 Å². The lowest BCUT2D eigenvalue weighted by molar-refractivity contribution is 0.411. The van der Waals surface area contributed by atoms with Gasteiger partial charge in [0, 0.05) is 11.9 Å². The molecule has 0 saturated carbocycles. The Morgan fingerprint density at radius 3 is 3.40 bits per heavy atom. The minimum absolute atomic E-state index is 0.704. The number of thioether (sulfide) groups is 1. The standard InChI is InChI=1S/C8H13NS/c1-2-4-8-7(3-1)5-10-6-9-8/h2,4,7-9H,1,3,5-6H2. The third kappa shape index (κ3) is 1.23. The number of hydrogen-bond donors (Lipinski definition) is 1. The van der Waals surface area contributed by atoms with Gasteiger partial charge in [0.2, 0.25) is 0 Å². The first kappa shape index (κ1) is 6.74. The van der Waals surface area contributed by atoms with Crippen LogP contribution in [-0.2, 0) is 0 Å². The van der Waals surface area contributed by atoms with Gasteiger partial charge in [-0.3, -0.25) is 0 Å². The Morgan fingerprint density at radius 2 is 2.50 bits per heavy atom. The highest BCUT2D eigenvalue weighted by Crippen LogP contribution is 2.26. The lowest BCUT2D eigenvalue weighted by Crippen LogP contribution is -2.41. The molecule has 0 bridgehead atoms. The lowest BCUT2D eigenvalue weighted by Gasteiger charge is -2.32. The molecule has 2 aliphatic rings. The minimum atomic E-state index is 0.704.